The molecular weight excluding hydrogens is 608 g/mol. The number of likely N-dealkylation sites (N-methyl/N-ethyl adjacent to an activating group) is 1. The van der Waals surface area contributed by atoms with Gasteiger partial charge in [-0.05, 0) is 57.6 Å². The number of aromatic nitrogens is 2. The highest BCUT2D eigenvalue weighted by Crippen LogP contribution is 2.38. The Balaban J connectivity index is 1.70. The van der Waals surface area contributed by atoms with E-state index in [-0.39, 0.29) is 55.7 Å². The summed E-state index contributed by atoms with van der Waals surface area (Å²) in [5.41, 5.74) is -1.27. The molecule has 2 N–H and O–H groups in total. The van der Waals surface area contributed by atoms with Gasteiger partial charge in [0.1, 0.15) is 5.82 Å². The van der Waals surface area contributed by atoms with Gasteiger partial charge in [0.25, 0.3) is 11.8 Å². The van der Waals surface area contributed by atoms with Gasteiger partial charge in [0.2, 0.25) is 11.8 Å². The Bertz CT molecular complexity index is 1540. The Morgan fingerprint density at radius 1 is 1.00 bits per heavy atom. The average Bonchev–Trinajstić information content (AvgIpc) is 3.04. The van der Waals surface area contributed by atoms with Crippen LogP contribution in [0.5, 0.6) is 11.8 Å². The molecule has 3 aromatic rings. The van der Waals surface area contributed by atoms with Crippen molar-refractivity contribution < 1.29 is 36.6 Å². The zero-order valence-corrected chi connectivity index (χ0v) is 26.2. The van der Waals surface area contributed by atoms with E-state index in [1.165, 1.54) is 17.2 Å². The number of hydrogen-bond donors (Lipinski definition) is 2. The van der Waals surface area contributed by atoms with Gasteiger partial charge in [0.05, 0.1) is 30.0 Å². The van der Waals surface area contributed by atoms with Crippen LogP contribution in [0.3, 0.4) is 0 Å². The molecule has 1 saturated heterocycles. The molecule has 10 nitrogen and oxygen atoms in total. The lowest BCUT2D eigenvalue weighted by Gasteiger charge is -2.43. The third kappa shape index (κ3) is 7.49. The van der Waals surface area contributed by atoms with Crippen LogP contribution in [-0.2, 0) is 6.18 Å². The van der Waals surface area contributed by atoms with Crippen LogP contribution in [0.1, 0.15) is 53.6 Å². The third-order valence-electron chi connectivity index (χ3n) is 7.56. The number of carbonyl (C=O) groups excluding carboxylic acids is 2. The van der Waals surface area contributed by atoms with Gasteiger partial charge in [-0.1, -0.05) is 6.92 Å². The first-order chi connectivity index (χ1) is 22.0. The van der Waals surface area contributed by atoms with E-state index in [1.54, 1.807) is 45.2 Å². The molecule has 1 atom stereocenters. The van der Waals surface area contributed by atoms with E-state index in [0.717, 1.165) is 6.07 Å². The van der Waals surface area contributed by atoms with Crippen LogP contribution in [0.15, 0.2) is 42.6 Å². The lowest BCUT2D eigenvalue weighted by atomic mass is 9.98. The summed E-state index contributed by atoms with van der Waals surface area (Å²) in [6.45, 7) is 6.59. The van der Waals surface area contributed by atoms with Crippen LogP contribution in [0.25, 0.3) is 11.1 Å². The largest absolute Gasteiger partial charge is 0.478 e. The maximum absolute atomic E-state index is 16.5. The molecule has 0 unspecified atom stereocenters. The molecule has 1 aliphatic rings. The summed E-state index contributed by atoms with van der Waals surface area (Å²) in [6.07, 6.45) is -2.90. The topological polar surface area (TPSA) is 109 Å². The fraction of sp³-hybridized carbons (Fsp3) is 0.438. The molecule has 2 aromatic heterocycles. The maximum atomic E-state index is 16.5. The van der Waals surface area contributed by atoms with E-state index in [4.69, 9.17) is 9.47 Å². The van der Waals surface area contributed by atoms with Crippen LogP contribution < -0.4 is 25.0 Å². The van der Waals surface area contributed by atoms with Gasteiger partial charge in [0, 0.05) is 62.2 Å². The smallest absolute Gasteiger partial charge is 0.434 e. The lowest BCUT2D eigenvalue weighted by Crippen LogP contribution is -2.55. The summed E-state index contributed by atoms with van der Waals surface area (Å²) in [4.78, 5) is 37.9. The summed E-state index contributed by atoms with van der Waals surface area (Å²) in [7, 11) is 1.73. The molecular formula is C32H38F4N6O4. The molecule has 1 aliphatic heterocycles. The van der Waals surface area contributed by atoms with Gasteiger partial charge in [0.15, 0.2) is 5.69 Å². The number of alkyl halides is 3. The second-order valence-electron chi connectivity index (χ2n) is 10.5. The van der Waals surface area contributed by atoms with Crippen LogP contribution in [0.2, 0.25) is 0 Å². The van der Waals surface area contributed by atoms with Crippen molar-refractivity contribution in [1.82, 2.24) is 25.5 Å². The number of pyridine rings is 2. The fourth-order valence-corrected chi connectivity index (χ4v) is 5.40. The van der Waals surface area contributed by atoms with Gasteiger partial charge in [-0.25, -0.2) is 14.4 Å². The van der Waals surface area contributed by atoms with Crippen molar-refractivity contribution in [3.8, 4) is 22.9 Å². The van der Waals surface area contributed by atoms with E-state index in [9.17, 15) is 22.8 Å². The molecule has 3 heterocycles. The Morgan fingerprint density at radius 3 is 2.43 bits per heavy atom. The molecule has 0 aliphatic carbocycles. The highest BCUT2D eigenvalue weighted by molar-refractivity contribution is 6.02. The minimum Gasteiger partial charge on any atom is -0.478 e. The quantitative estimate of drug-likeness (QED) is 0.214. The normalized spacial score (nSPS) is 15.1. The Hall–Kier alpha value is -4.46. The van der Waals surface area contributed by atoms with Gasteiger partial charge in [-0.3, -0.25) is 9.59 Å². The molecule has 1 fully saturated rings. The SMILES string of the molecule is CCOc1ccc(C(=O)N2CCN(c3ccc(-c4cccnc4OCC)c(F)c3C(=O)NCCNC)[C@H](CC)C2)c(C(F)(F)F)n1. The molecule has 1 aromatic carbocycles. The fourth-order valence-electron chi connectivity index (χ4n) is 5.40. The van der Waals surface area contributed by atoms with E-state index >= 15 is 4.39 Å². The number of piperazine rings is 1. The number of amides is 2. The molecule has 14 heteroatoms. The molecule has 248 valence electrons. The summed E-state index contributed by atoms with van der Waals surface area (Å²) in [5.74, 6) is -2.23. The number of halogens is 4. The molecule has 0 radical (unpaired) electrons. The standard InChI is InChI=1S/C32H38F4N6O4/c1-5-20-19-41(31(44)23-11-13-25(45-6-2)40-28(23)32(34,35)36)17-18-42(20)24-12-10-21(22-9-8-14-39-30(22)46-7-3)27(33)26(24)29(43)38-16-15-37-4/h8-14,20,37H,5-7,15-19H2,1-4H3,(H,38,43)/t20-/m1/s1. The minimum atomic E-state index is -4.88. The van der Waals surface area contributed by atoms with E-state index in [2.05, 4.69) is 20.6 Å². The van der Waals surface area contributed by atoms with Gasteiger partial charge >= 0.3 is 6.18 Å². The Kier molecular flexibility index (Phi) is 11.4. The van der Waals surface area contributed by atoms with E-state index in [0.29, 0.717) is 30.8 Å². The van der Waals surface area contributed by atoms with Crippen LogP contribution in [0.4, 0.5) is 23.2 Å². The molecule has 4 rings (SSSR count). The summed E-state index contributed by atoms with van der Waals surface area (Å²) in [5, 5.41) is 5.68. The Morgan fingerprint density at radius 2 is 1.76 bits per heavy atom. The van der Waals surface area contributed by atoms with Gasteiger partial charge < -0.3 is 29.9 Å². The van der Waals surface area contributed by atoms with Crippen molar-refractivity contribution in [1.29, 1.82) is 0 Å². The predicted octanol–water partition coefficient (Wildman–Crippen LogP) is 4.79. The zero-order valence-electron chi connectivity index (χ0n) is 26.2. The van der Waals surface area contributed by atoms with E-state index < -0.39 is 41.1 Å². The molecule has 2 amide bonds. The zero-order chi connectivity index (χ0) is 33.4. The highest BCUT2D eigenvalue weighted by atomic mass is 19.4. The van der Waals surface area contributed by atoms with Crippen LogP contribution in [0, 0.1) is 5.82 Å². The number of nitrogens with one attached hydrogen (secondary N) is 2. The van der Waals surface area contributed by atoms with Crippen molar-refractivity contribution in [3.63, 3.8) is 0 Å². The molecule has 0 bridgehead atoms. The monoisotopic (exact) mass is 646 g/mol. The van der Waals surface area contributed by atoms with Gasteiger partial charge in [-0.15, -0.1) is 0 Å². The predicted molar refractivity (Wildman–Crippen MR) is 165 cm³/mol. The van der Waals surface area contributed by atoms with E-state index in [1.807, 2.05) is 11.8 Å². The number of ether oxygens (including phenoxy) is 2. The Labute approximate surface area is 265 Å². The van der Waals surface area contributed by atoms with Crippen LogP contribution in [-0.4, -0.2) is 85.7 Å². The third-order valence-corrected chi connectivity index (χ3v) is 7.56. The van der Waals surface area contributed by atoms with Crippen molar-refractivity contribution >= 4 is 17.5 Å². The number of benzene rings is 1. The highest BCUT2D eigenvalue weighted by Gasteiger charge is 2.40. The van der Waals surface area contributed by atoms with Crippen molar-refractivity contribution in [3.05, 3.63) is 65.2 Å². The summed E-state index contributed by atoms with van der Waals surface area (Å²) >= 11 is 0. The number of rotatable bonds is 12. The lowest BCUT2D eigenvalue weighted by molar-refractivity contribution is -0.141. The average molecular weight is 647 g/mol. The minimum absolute atomic E-state index is 0.0289. The number of nitrogens with zero attached hydrogens (tertiary/aromatic N) is 4. The molecule has 0 spiro atoms. The number of hydrogen-bond acceptors (Lipinski definition) is 8. The van der Waals surface area contributed by atoms with Crippen molar-refractivity contribution in [2.24, 2.45) is 0 Å². The van der Waals surface area contributed by atoms with Crippen LogP contribution >= 0.6 is 0 Å². The summed E-state index contributed by atoms with van der Waals surface area (Å²) < 4.78 is 69.0. The van der Waals surface area contributed by atoms with Crippen molar-refractivity contribution in [2.45, 2.75) is 39.4 Å². The number of anilines is 1. The van der Waals surface area contributed by atoms with Gasteiger partial charge in [-0.2, -0.15) is 13.2 Å². The second-order valence-corrected chi connectivity index (χ2v) is 10.5. The molecule has 0 saturated carbocycles. The first-order valence-electron chi connectivity index (χ1n) is 15.2. The number of carbonyl (C=O) groups is 2. The first-order valence-corrected chi connectivity index (χ1v) is 15.2. The first kappa shape index (κ1) is 34.4. The van der Waals surface area contributed by atoms with Crippen molar-refractivity contribution in [2.75, 3.05) is 57.9 Å². The molecule has 46 heavy (non-hydrogen) atoms. The second kappa shape index (κ2) is 15.2. The maximum Gasteiger partial charge on any atom is 0.434 e. The summed E-state index contributed by atoms with van der Waals surface area (Å²) in [6, 6.07) is 8.38.